The first kappa shape index (κ1) is 26.1. The molecular formula is C20H28Cl4N4O. The molecule has 2 fully saturated rings. The molecule has 0 spiro atoms. The van der Waals surface area contributed by atoms with Crippen molar-refractivity contribution in [1.29, 1.82) is 5.26 Å². The van der Waals surface area contributed by atoms with Gasteiger partial charge >= 0.3 is 0 Å². The number of halogens is 4. The Morgan fingerprint density at radius 3 is 2.34 bits per heavy atom. The van der Waals surface area contributed by atoms with Crippen molar-refractivity contribution < 1.29 is 4.79 Å². The molecule has 2 heterocycles. The predicted octanol–water partition coefficient (Wildman–Crippen LogP) is 4.50. The number of hydrogen-bond donors (Lipinski definition) is 0. The van der Waals surface area contributed by atoms with E-state index in [1.165, 1.54) is 6.42 Å². The van der Waals surface area contributed by atoms with Gasteiger partial charge in [-0.25, -0.2) is 0 Å². The van der Waals surface area contributed by atoms with E-state index in [0.29, 0.717) is 16.0 Å². The number of carbonyl (C=O) groups excluding carboxylic acids is 1. The molecule has 0 saturated carbocycles. The number of likely N-dealkylation sites (tertiary alicyclic amines) is 1. The van der Waals surface area contributed by atoms with Crippen molar-refractivity contribution in [2.24, 2.45) is 5.92 Å². The predicted molar refractivity (Wildman–Crippen MR) is 124 cm³/mol. The summed E-state index contributed by atoms with van der Waals surface area (Å²) in [5, 5.41) is 9.90. The molecule has 162 valence electrons. The summed E-state index contributed by atoms with van der Waals surface area (Å²) in [5.74, 6) is 0.656. The van der Waals surface area contributed by atoms with Gasteiger partial charge in [-0.2, -0.15) is 5.26 Å². The van der Waals surface area contributed by atoms with Crippen molar-refractivity contribution in [1.82, 2.24) is 9.80 Å². The molecule has 2 aliphatic heterocycles. The molecular weight excluding hydrogens is 454 g/mol. The minimum absolute atomic E-state index is 0. The lowest BCUT2D eigenvalue weighted by molar-refractivity contribution is -0.131. The van der Waals surface area contributed by atoms with Crippen LogP contribution in [0.15, 0.2) is 18.2 Å². The van der Waals surface area contributed by atoms with Crippen LogP contribution < -0.4 is 4.90 Å². The zero-order chi connectivity index (χ0) is 19.2. The number of hydrogen-bond acceptors (Lipinski definition) is 4. The third kappa shape index (κ3) is 7.08. The Bertz CT molecular complexity index is 696. The second-order valence-corrected chi connectivity index (χ2v) is 8.13. The summed E-state index contributed by atoms with van der Waals surface area (Å²) in [5.41, 5.74) is 1.03. The third-order valence-electron chi connectivity index (χ3n) is 5.70. The van der Waals surface area contributed by atoms with Gasteiger partial charge in [0.2, 0.25) is 5.91 Å². The molecule has 0 unspecified atom stereocenters. The van der Waals surface area contributed by atoms with Crippen molar-refractivity contribution in [2.75, 3.05) is 50.7 Å². The van der Waals surface area contributed by atoms with Gasteiger partial charge in [0.1, 0.15) is 6.42 Å². The summed E-state index contributed by atoms with van der Waals surface area (Å²) >= 11 is 12.5. The van der Waals surface area contributed by atoms with E-state index in [-0.39, 0.29) is 37.1 Å². The van der Waals surface area contributed by atoms with E-state index in [9.17, 15) is 4.79 Å². The fourth-order valence-electron chi connectivity index (χ4n) is 3.96. The molecule has 5 nitrogen and oxygen atoms in total. The largest absolute Gasteiger partial charge is 0.368 e. The number of piperidine rings is 1. The van der Waals surface area contributed by atoms with E-state index >= 15 is 0 Å². The molecule has 0 bridgehead atoms. The number of benzene rings is 1. The second-order valence-electron chi connectivity index (χ2n) is 7.35. The number of piperazine rings is 1. The molecule has 0 aliphatic carbocycles. The SMILES string of the molecule is Cl.Cl.N#CCC(=O)N1CCC(CCN2CCN(c3cccc(Cl)c3Cl)CC2)CC1. The van der Waals surface area contributed by atoms with Crippen molar-refractivity contribution in [3.05, 3.63) is 28.2 Å². The number of nitriles is 1. The first-order valence-electron chi connectivity index (χ1n) is 9.64. The summed E-state index contributed by atoms with van der Waals surface area (Å²) in [6.07, 6.45) is 3.29. The van der Waals surface area contributed by atoms with E-state index < -0.39 is 0 Å². The Kier molecular flexibility index (Phi) is 11.5. The highest BCUT2D eigenvalue weighted by molar-refractivity contribution is 6.43. The van der Waals surface area contributed by atoms with Crippen LogP contribution in [0.5, 0.6) is 0 Å². The summed E-state index contributed by atoms with van der Waals surface area (Å²) in [6, 6.07) is 7.75. The zero-order valence-electron chi connectivity index (χ0n) is 16.4. The highest BCUT2D eigenvalue weighted by Gasteiger charge is 2.24. The average molecular weight is 482 g/mol. The van der Waals surface area contributed by atoms with Gasteiger partial charge in [-0.15, -0.1) is 24.8 Å². The molecule has 29 heavy (non-hydrogen) atoms. The van der Waals surface area contributed by atoms with E-state index in [4.69, 9.17) is 28.5 Å². The minimum atomic E-state index is -0.0215. The zero-order valence-corrected chi connectivity index (χ0v) is 19.5. The maximum Gasteiger partial charge on any atom is 0.236 e. The van der Waals surface area contributed by atoms with Crippen molar-refractivity contribution >= 4 is 59.6 Å². The highest BCUT2D eigenvalue weighted by Crippen LogP contribution is 2.33. The van der Waals surface area contributed by atoms with E-state index in [1.807, 2.05) is 29.2 Å². The van der Waals surface area contributed by atoms with Gasteiger partial charge in [0.15, 0.2) is 0 Å². The number of rotatable bonds is 5. The summed E-state index contributed by atoms with van der Waals surface area (Å²) in [4.78, 5) is 18.4. The van der Waals surface area contributed by atoms with Gasteiger partial charge in [0, 0.05) is 39.3 Å². The number of anilines is 1. The van der Waals surface area contributed by atoms with Gasteiger partial charge in [-0.05, 0) is 43.9 Å². The van der Waals surface area contributed by atoms with Crippen LogP contribution in [0.1, 0.15) is 25.7 Å². The topological polar surface area (TPSA) is 50.6 Å². The second kappa shape index (κ2) is 12.7. The Labute approximate surface area is 195 Å². The van der Waals surface area contributed by atoms with Crippen LogP contribution in [-0.4, -0.2) is 61.5 Å². The van der Waals surface area contributed by atoms with Crippen molar-refractivity contribution in [3.63, 3.8) is 0 Å². The first-order valence-corrected chi connectivity index (χ1v) is 10.4. The normalized spacial score (nSPS) is 17.8. The Hall–Kier alpha value is -0.900. The van der Waals surface area contributed by atoms with Crippen LogP contribution in [-0.2, 0) is 4.79 Å². The van der Waals surface area contributed by atoms with Gasteiger partial charge in [0.25, 0.3) is 0 Å². The summed E-state index contributed by atoms with van der Waals surface area (Å²) < 4.78 is 0. The fraction of sp³-hybridized carbons (Fsp3) is 0.600. The third-order valence-corrected chi connectivity index (χ3v) is 6.50. The summed E-state index contributed by atoms with van der Waals surface area (Å²) in [7, 11) is 0. The van der Waals surface area contributed by atoms with Crippen LogP contribution in [0.2, 0.25) is 10.0 Å². The monoisotopic (exact) mass is 480 g/mol. The van der Waals surface area contributed by atoms with Crippen LogP contribution in [0.25, 0.3) is 0 Å². The molecule has 0 N–H and O–H groups in total. The lowest BCUT2D eigenvalue weighted by atomic mass is 9.93. The molecule has 1 amide bonds. The molecule has 1 aromatic carbocycles. The molecule has 0 radical (unpaired) electrons. The van der Waals surface area contributed by atoms with Gasteiger partial charge in [0.05, 0.1) is 21.8 Å². The van der Waals surface area contributed by atoms with Crippen LogP contribution >= 0.6 is 48.0 Å². The number of nitrogens with zero attached hydrogens (tertiary/aromatic N) is 4. The molecule has 0 aromatic heterocycles. The Morgan fingerprint density at radius 2 is 1.72 bits per heavy atom. The van der Waals surface area contributed by atoms with Gasteiger partial charge in [-0.3, -0.25) is 9.69 Å². The first-order chi connectivity index (χ1) is 13.1. The molecule has 1 aromatic rings. The smallest absolute Gasteiger partial charge is 0.236 e. The average Bonchev–Trinajstić information content (AvgIpc) is 2.69. The lowest BCUT2D eigenvalue weighted by Gasteiger charge is -2.38. The molecule has 2 aliphatic rings. The minimum Gasteiger partial charge on any atom is -0.368 e. The van der Waals surface area contributed by atoms with Crippen LogP contribution in [0.3, 0.4) is 0 Å². The maximum absolute atomic E-state index is 11.8. The quantitative estimate of drug-likeness (QED) is 0.621. The fourth-order valence-corrected chi connectivity index (χ4v) is 4.38. The van der Waals surface area contributed by atoms with E-state index in [1.54, 1.807) is 0 Å². The molecule has 0 atom stereocenters. The number of amides is 1. The Morgan fingerprint density at radius 1 is 1.07 bits per heavy atom. The van der Waals surface area contributed by atoms with Gasteiger partial charge < -0.3 is 9.80 Å². The van der Waals surface area contributed by atoms with E-state index in [0.717, 1.165) is 64.3 Å². The number of carbonyl (C=O) groups is 1. The Balaban J connectivity index is 0.00000210. The standard InChI is InChI=1S/C20H26Cl2N4O.2ClH/c21-17-2-1-3-18(20(17)22)25-14-12-24(13-15-25)9-5-16-6-10-26(11-7-16)19(27)4-8-23;;/h1-3,16H,4-7,9-15H2;2*1H. The molecule has 3 rings (SSSR count). The van der Waals surface area contributed by atoms with Crippen LogP contribution in [0.4, 0.5) is 5.69 Å². The lowest BCUT2D eigenvalue weighted by Crippen LogP contribution is -2.47. The van der Waals surface area contributed by atoms with E-state index in [2.05, 4.69) is 9.80 Å². The molecule has 2 saturated heterocycles. The van der Waals surface area contributed by atoms with Crippen molar-refractivity contribution in [2.45, 2.75) is 25.7 Å². The molecule has 9 heteroatoms. The summed E-state index contributed by atoms with van der Waals surface area (Å²) in [6.45, 7) is 6.68. The van der Waals surface area contributed by atoms with Gasteiger partial charge in [-0.1, -0.05) is 29.3 Å². The van der Waals surface area contributed by atoms with Crippen molar-refractivity contribution in [3.8, 4) is 6.07 Å². The van der Waals surface area contributed by atoms with Crippen LogP contribution in [0, 0.1) is 17.2 Å². The maximum atomic E-state index is 11.8. The highest BCUT2D eigenvalue weighted by atomic mass is 35.5.